The van der Waals surface area contributed by atoms with E-state index in [2.05, 4.69) is 0 Å². The van der Waals surface area contributed by atoms with Crippen LogP contribution in [0.15, 0.2) is 72.3 Å². The van der Waals surface area contributed by atoms with Crippen molar-refractivity contribution in [2.75, 3.05) is 19.1 Å². The Morgan fingerprint density at radius 2 is 1.67 bits per heavy atom. The Balaban J connectivity index is 2.01. The third-order valence-electron chi connectivity index (χ3n) is 5.62. The molecule has 0 aliphatic carbocycles. The van der Waals surface area contributed by atoms with Gasteiger partial charge in [0.2, 0.25) is 0 Å². The zero-order valence-electron chi connectivity index (χ0n) is 18.3. The summed E-state index contributed by atoms with van der Waals surface area (Å²) in [6, 6.07) is 18.1. The molecule has 33 heavy (non-hydrogen) atoms. The van der Waals surface area contributed by atoms with Crippen LogP contribution < -0.4 is 14.4 Å². The molecule has 1 atom stereocenters. The first kappa shape index (κ1) is 22.4. The van der Waals surface area contributed by atoms with E-state index < -0.39 is 17.7 Å². The summed E-state index contributed by atoms with van der Waals surface area (Å²) in [7, 11) is 2.99. The van der Waals surface area contributed by atoms with Crippen LogP contribution in [0.4, 0.5) is 5.69 Å². The topological polar surface area (TPSA) is 76.1 Å². The number of rotatable bonds is 5. The number of benzene rings is 3. The summed E-state index contributed by atoms with van der Waals surface area (Å²) in [5, 5.41) is 11.5. The van der Waals surface area contributed by atoms with Crippen LogP contribution in [0.25, 0.3) is 5.76 Å². The molecule has 1 amide bonds. The van der Waals surface area contributed by atoms with Gasteiger partial charge in [0.15, 0.2) is 0 Å². The van der Waals surface area contributed by atoms with E-state index in [1.807, 2.05) is 19.1 Å². The Hall–Kier alpha value is -3.77. The van der Waals surface area contributed by atoms with E-state index in [0.717, 1.165) is 5.56 Å². The first-order valence-electron chi connectivity index (χ1n) is 10.2. The highest BCUT2D eigenvalue weighted by Crippen LogP contribution is 2.45. The Bertz CT molecular complexity index is 1270. The van der Waals surface area contributed by atoms with Crippen LogP contribution in [0.3, 0.4) is 0 Å². The second-order valence-electron chi connectivity index (χ2n) is 7.59. The van der Waals surface area contributed by atoms with Gasteiger partial charge in [0.05, 0.1) is 30.9 Å². The third kappa shape index (κ3) is 3.94. The third-order valence-corrected chi connectivity index (χ3v) is 5.95. The van der Waals surface area contributed by atoms with Crippen LogP contribution in [0.1, 0.15) is 22.7 Å². The summed E-state index contributed by atoms with van der Waals surface area (Å²) in [5.41, 5.74) is 2.19. The average molecular weight is 464 g/mol. The maximum absolute atomic E-state index is 13.3. The van der Waals surface area contributed by atoms with Crippen LogP contribution in [0, 0.1) is 6.92 Å². The van der Waals surface area contributed by atoms with Gasteiger partial charge < -0.3 is 14.6 Å². The van der Waals surface area contributed by atoms with Gasteiger partial charge in [0, 0.05) is 16.8 Å². The van der Waals surface area contributed by atoms with Gasteiger partial charge in [0.25, 0.3) is 11.7 Å². The smallest absolute Gasteiger partial charge is 0.300 e. The molecule has 1 unspecified atom stereocenters. The van der Waals surface area contributed by atoms with E-state index in [0.29, 0.717) is 22.7 Å². The summed E-state index contributed by atoms with van der Waals surface area (Å²) >= 11 is 6.35. The summed E-state index contributed by atoms with van der Waals surface area (Å²) < 4.78 is 10.8. The highest BCUT2D eigenvalue weighted by Gasteiger charge is 2.48. The molecule has 4 rings (SSSR count). The van der Waals surface area contributed by atoms with Crippen molar-refractivity contribution in [2.24, 2.45) is 0 Å². The summed E-state index contributed by atoms with van der Waals surface area (Å²) in [4.78, 5) is 27.9. The number of hydrogen-bond donors (Lipinski definition) is 1. The molecule has 0 aromatic heterocycles. The van der Waals surface area contributed by atoms with Crippen molar-refractivity contribution in [1.29, 1.82) is 0 Å². The number of methoxy groups -OCH3 is 2. The predicted molar refractivity (Wildman–Crippen MR) is 127 cm³/mol. The van der Waals surface area contributed by atoms with Gasteiger partial charge in [0.1, 0.15) is 17.3 Å². The molecule has 0 radical (unpaired) electrons. The minimum absolute atomic E-state index is 0.0831. The van der Waals surface area contributed by atoms with Crippen LogP contribution in [-0.2, 0) is 9.59 Å². The highest BCUT2D eigenvalue weighted by atomic mass is 35.5. The fourth-order valence-electron chi connectivity index (χ4n) is 3.95. The maximum atomic E-state index is 13.3. The van der Waals surface area contributed by atoms with E-state index in [1.165, 1.54) is 25.2 Å². The molecular formula is C26H22ClNO5. The number of Topliss-reactive ketones (excluding diaryl/α,β-unsaturated/α-hetero) is 1. The number of halogens is 1. The van der Waals surface area contributed by atoms with Gasteiger partial charge in [-0.25, -0.2) is 0 Å². The molecular weight excluding hydrogens is 442 g/mol. The maximum Gasteiger partial charge on any atom is 0.300 e. The van der Waals surface area contributed by atoms with Crippen molar-refractivity contribution in [1.82, 2.24) is 0 Å². The molecule has 7 heteroatoms. The lowest BCUT2D eigenvalue weighted by Gasteiger charge is -2.26. The molecule has 1 N–H and O–H groups in total. The van der Waals surface area contributed by atoms with Crippen molar-refractivity contribution in [3.8, 4) is 11.5 Å². The number of carbonyl (C=O) groups excluding carboxylic acids is 2. The normalized spacial score (nSPS) is 17.3. The zero-order valence-corrected chi connectivity index (χ0v) is 19.1. The van der Waals surface area contributed by atoms with Gasteiger partial charge in [-0.3, -0.25) is 14.5 Å². The molecule has 1 heterocycles. The van der Waals surface area contributed by atoms with Crippen LogP contribution in [0.2, 0.25) is 5.02 Å². The number of carbonyl (C=O) groups is 2. The first-order valence-corrected chi connectivity index (χ1v) is 10.6. The van der Waals surface area contributed by atoms with Crippen molar-refractivity contribution in [3.05, 3.63) is 94.0 Å². The van der Waals surface area contributed by atoms with E-state index in [1.54, 1.807) is 48.5 Å². The van der Waals surface area contributed by atoms with E-state index in [4.69, 9.17) is 21.1 Å². The molecule has 6 nitrogen and oxygen atoms in total. The standard InChI is InChI=1S/C26H22ClNO5/c1-15-8-10-16(11-9-15)28-23(18-6-4-5-7-21(18)33-3)22(25(30)26(28)31)24(29)19-14-17(32-2)12-13-20(19)27/h4-14,23,29H,1-3H3/b24-22+. The van der Waals surface area contributed by atoms with E-state index in [-0.39, 0.29) is 21.9 Å². The van der Waals surface area contributed by atoms with Crippen LogP contribution in [0.5, 0.6) is 11.5 Å². The number of anilines is 1. The first-order chi connectivity index (χ1) is 15.9. The van der Waals surface area contributed by atoms with Gasteiger partial charge >= 0.3 is 0 Å². The van der Waals surface area contributed by atoms with Crippen LogP contribution in [-0.4, -0.2) is 31.0 Å². The predicted octanol–water partition coefficient (Wildman–Crippen LogP) is 5.29. The van der Waals surface area contributed by atoms with Crippen molar-refractivity contribution in [3.63, 3.8) is 0 Å². The second kappa shape index (κ2) is 9.00. The molecule has 1 fully saturated rings. The summed E-state index contributed by atoms with van der Waals surface area (Å²) in [6.07, 6.45) is 0. The van der Waals surface area contributed by atoms with Gasteiger partial charge in [-0.15, -0.1) is 0 Å². The van der Waals surface area contributed by atoms with Gasteiger partial charge in [-0.05, 0) is 43.3 Å². The van der Waals surface area contributed by atoms with Gasteiger partial charge in [-0.2, -0.15) is 0 Å². The lowest BCUT2D eigenvalue weighted by molar-refractivity contribution is -0.132. The Kier molecular flexibility index (Phi) is 6.11. The largest absolute Gasteiger partial charge is 0.507 e. The number of para-hydroxylation sites is 1. The Labute approximate surface area is 196 Å². The monoisotopic (exact) mass is 463 g/mol. The molecule has 168 valence electrons. The SMILES string of the molecule is COc1ccc(Cl)c(/C(O)=C2\C(=O)C(=O)N(c3ccc(C)cc3)C2c2ccccc2OC)c1. The van der Waals surface area contributed by atoms with Crippen LogP contribution >= 0.6 is 11.6 Å². The molecule has 1 aliphatic rings. The molecule has 3 aromatic carbocycles. The number of nitrogens with zero attached hydrogens (tertiary/aromatic N) is 1. The fourth-order valence-corrected chi connectivity index (χ4v) is 4.16. The van der Waals surface area contributed by atoms with E-state index in [9.17, 15) is 14.7 Å². The molecule has 0 spiro atoms. The number of hydrogen-bond acceptors (Lipinski definition) is 5. The average Bonchev–Trinajstić information content (AvgIpc) is 3.09. The quantitative estimate of drug-likeness (QED) is 0.316. The second-order valence-corrected chi connectivity index (χ2v) is 8.00. The number of aliphatic hydroxyl groups is 1. The van der Waals surface area contributed by atoms with Crippen molar-refractivity contribution >= 4 is 34.7 Å². The Morgan fingerprint density at radius 3 is 2.33 bits per heavy atom. The number of aliphatic hydroxyl groups excluding tert-OH is 1. The lowest BCUT2D eigenvalue weighted by atomic mass is 9.94. The molecule has 3 aromatic rings. The molecule has 0 saturated carbocycles. The number of amides is 1. The number of aryl methyl sites for hydroxylation is 1. The molecule has 0 bridgehead atoms. The number of ketones is 1. The lowest BCUT2D eigenvalue weighted by Crippen LogP contribution is -2.29. The summed E-state index contributed by atoms with van der Waals surface area (Å²) in [5.74, 6) is -1.03. The zero-order chi connectivity index (χ0) is 23.7. The fraction of sp³-hybridized carbons (Fsp3) is 0.154. The summed E-state index contributed by atoms with van der Waals surface area (Å²) in [6.45, 7) is 1.93. The minimum Gasteiger partial charge on any atom is -0.507 e. The molecule has 1 saturated heterocycles. The van der Waals surface area contributed by atoms with Crippen molar-refractivity contribution in [2.45, 2.75) is 13.0 Å². The molecule has 1 aliphatic heterocycles. The van der Waals surface area contributed by atoms with E-state index >= 15 is 0 Å². The highest BCUT2D eigenvalue weighted by molar-refractivity contribution is 6.52. The van der Waals surface area contributed by atoms with Crippen molar-refractivity contribution < 1.29 is 24.2 Å². The Morgan fingerprint density at radius 1 is 0.970 bits per heavy atom. The number of ether oxygens (including phenoxy) is 2. The minimum atomic E-state index is -0.925. The van der Waals surface area contributed by atoms with Gasteiger partial charge in [-0.1, -0.05) is 47.5 Å².